The Balaban J connectivity index is 1.83. The number of fused-ring (bicyclic) bond motifs is 1. The van der Waals surface area contributed by atoms with Crippen molar-refractivity contribution in [3.63, 3.8) is 0 Å². The minimum Gasteiger partial charge on any atom is -0.378 e. The van der Waals surface area contributed by atoms with E-state index in [-0.39, 0.29) is 0 Å². The fraction of sp³-hybridized carbons (Fsp3) is 0.167. The minimum atomic E-state index is 1.05. The summed E-state index contributed by atoms with van der Waals surface area (Å²) in [4.78, 5) is 6.74. The normalized spacial score (nSPS) is 11.4. The molecule has 21 heavy (non-hydrogen) atoms. The average molecular weight is 294 g/mol. The molecular weight excluding hydrogens is 276 g/mol. The number of hydrogen-bond donors (Lipinski definition) is 0. The second-order valence-corrected chi connectivity index (χ2v) is 6.40. The molecule has 1 aromatic heterocycles. The maximum Gasteiger partial charge on any atom is 0.117 e. The molecule has 0 fully saturated rings. The molecule has 0 bridgehead atoms. The highest BCUT2D eigenvalue weighted by atomic mass is 32.1. The molecule has 0 radical (unpaired) electrons. The number of hydrogen-bond acceptors (Lipinski definition) is 3. The lowest BCUT2D eigenvalue weighted by Gasteiger charge is -2.11. The smallest absolute Gasteiger partial charge is 0.117 e. The number of thiazole rings is 1. The van der Waals surface area contributed by atoms with Gasteiger partial charge >= 0.3 is 0 Å². The lowest BCUT2D eigenvalue weighted by molar-refractivity contribution is 1.13. The van der Waals surface area contributed by atoms with Crippen molar-refractivity contribution in [1.82, 2.24) is 4.98 Å². The van der Waals surface area contributed by atoms with Gasteiger partial charge in [-0.1, -0.05) is 24.3 Å². The summed E-state index contributed by atoms with van der Waals surface area (Å²) in [6, 6.07) is 14.9. The standard InChI is InChI=1S/C18H18N2S/c1-13-4-10-16-17(12-13)21-18(19-16)11-7-14-5-8-15(9-6-14)20(2)3/h4-12H,1-3H3/b11-7+. The van der Waals surface area contributed by atoms with Crippen LogP contribution in [0.2, 0.25) is 0 Å². The monoisotopic (exact) mass is 294 g/mol. The van der Waals surface area contributed by atoms with Crippen molar-refractivity contribution in [3.8, 4) is 0 Å². The third-order valence-electron chi connectivity index (χ3n) is 3.39. The zero-order chi connectivity index (χ0) is 14.8. The summed E-state index contributed by atoms with van der Waals surface area (Å²) in [5.74, 6) is 0. The molecule has 0 spiro atoms. The van der Waals surface area contributed by atoms with Gasteiger partial charge in [-0.15, -0.1) is 11.3 Å². The molecule has 0 N–H and O–H groups in total. The molecule has 0 aliphatic carbocycles. The van der Waals surface area contributed by atoms with Gasteiger partial charge in [0.05, 0.1) is 10.2 Å². The quantitative estimate of drug-likeness (QED) is 0.687. The maximum atomic E-state index is 4.64. The number of nitrogens with zero attached hydrogens (tertiary/aromatic N) is 2. The van der Waals surface area contributed by atoms with Crippen molar-refractivity contribution in [1.29, 1.82) is 0 Å². The largest absolute Gasteiger partial charge is 0.378 e. The van der Waals surface area contributed by atoms with Gasteiger partial charge in [-0.2, -0.15) is 0 Å². The summed E-state index contributed by atoms with van der Waals surface area (Å²) in [6.07, 6.45) is 4.20. The molecule has 3 aromatic rings. The first-order valence-electron chi connectivity index (χ1n) is 6.94. The van der Waals surface area contributed by atoms with E-state index in [0.29, 0.717) is 0 Å². The van der Waals surface area contributed by atoms with Gasteiger partial charge in [-0.3, -0.25) is 0 Å². The molecule has 2 nitrogen and oxygen atoms in total. The molecule has 0 amide bonds. The number of aryl methyl sites for hydroxylation is 1. The zero-order valence-electron chi connectivity index (χ0n) is 12.5. The molecule has 0 aliphatic rings. The SMILES string of the molecule is Cc1ccc2nc(/C=C/c3ccc(N(C)C)cc3)sc2c1. The van der Waals surface area contributed by atoms with Gasteiger partial charge in [-0.05, 0) is 48.4 Å². The van der Waals surface area contributed by atoms with Crippen LogP contribution in [0.3, 0.4) is 0 Å². The van der Waals surface area contributed by atoms with E-state index in [1.54, 1.807) is 11.3 Å². The molecule has 106 valence electrons. The van der Waals surface area contributed by atoms with Gasteiger partial charge in [0.15, 0.2) is 0 Å². The van der Waals surface area contributed by atoms with E-state index in [9.17, 15) is 0 Å². The number of benzene rings is 2. The Bertz CT molecular complexity index is 783. The first-order valence-corrected chi connectivity index (χ1v) is 7.76. The second kappa shape index (κ2) is 5.70. The van der Waals surface area contributed by atoms with E-state index in [2.05, 4.69) is 71.4 Å². The van der Waals surface area contributed by atoms with Gasteiger partial charge in [0.2, 0.25) is 0 Å². The Morgan fingerprint density at radius 2 is 1.76 bits per heavy atom. The molecule has 1 heterocycles. The highest BCUT2D eigenvalue weighted by Gasteiger charge is 2.01. The molecule has 3 rings (SSSR count). The highest BCUT2D eigenvalue weighted by Crippen LogP contribution is 2.24. The minimum absolute atomic E-state index is 1.05. The van der Waals surface area contributed by atoms with Crippen LogP contribution < -0.4 is 4.90 Å². The van der Waals surface area contributed by atoms with E-state index in [1.807, 2.05) is 14.1 Å². The van der Waals surface area contributed by atoms with Crippen LogP contribution in [-0.4, -0.2) is 19.1 Å². The lowest BCUT2D eigenvalue weighted by atomic mass is 10.2. The summed E-state index contributed by atoms with van der Waals surface area (Å²) in [6.45, 7) is 2.11. The molecule has 2 aromatic carbocycles. The Labute approximate surface area is 129 Å². The third-order valence-corrected chi connectivity index (χ3v) is 4.37. The average Bonchev–Trinajstić information content (AvgIpc) is 2.87. The maximum absolute atomic E-state index is 4.64. The summed E-state index contributed by atoms with van der Waals surface area (Å²) in [5, 5.41) is 1.05. The lowest BCUT2D eigenvalue weighted by Crippen LogP contribution is -2.07. The molecule has 3 heteroatoms. The van der Waals surface area contributed by atoms with Crippen molar-refractivity contribution in [2.45, 2.75) is 6.92 Å². The van der Waals surface area contributed by atoms with Crippen LogP contribution in [0, 0.1) is 6.92 Å². The molecule has 0 aliphatic heterocycles. The van der Waals surface area contributed by atoms with Crippen molar-refractivity contribution in [2.75, 3.05) is 19.0 Å². The number of anilines is 1. The molecular formula is C18H18N2S. The third kappa shape index (κ3) is 3.14. The van der Waals surface area contributed by atoms with Gasteiger partial charge in [0, 0.05) is 19.8 Å². The highest BCUT2D eigenvalue weighted by molar-refractivity contribution is 7.19. The predicted octanol–water partition coefficient (Wildman–Crippen LogP) is 4.84. The van der Waals surface area contributed by atoms with Crippen molar-refractivity contribution < 1.29 is 0 Å². The molecule has 0 saturated carbocycles. The van der Waals surface area contributed by atoms with E-state index in [0.717, 1.165) is 10.5 Å². The van der Waals surface area contributed by atoms with Gasteiger partial charge in [-0.25, -0.2) is 4.98 Å². The molecule has 0 unspecified atom stereocenters. The van der Waals surface area contributed by atoms with Crippen LogP contribution in [0.4, 0.5) is 5.69 Å². The summed E-state index contributed by atoms with van der Waals surface area (Å²) >= 11 is 1.73. The summed E-state index contributed by atoms with van der Waals surface area (Å²) < 4.78 is 1.25. The Hall–Kier alpha value is -2.13. The van der Waals surface area contributed by atoms with Crippen LogP contribution in [0.1, 0.15) is 16.1 Å². The summed E-state index contributed by atoms with van der Waals surface area (Å²) in [7, 11) is 4.10. The van der Waals surface area contributed by atoms with E-state index >= 15 is 0 Å². The van der Waals surface area contributed by atoms with Crippen LogP contribution >= 0.6 is 11.3 Å². The Morgan fingerprint density at radius 3 is 2.48 bits per heavy atom. The zero-order valence-corrected chi connectivity index (χ0v) is 13.3. The summed E-state index contributed by atoms with van der Waals surface area (Å²) in [5.41, 5.74) is 4.76. The van der Waals surface area contributed by atoms with Crippen LogP contribution in [0.5, 0.6) is 0 Å². The van der Waals surface area contributed by atoms with Crippen LogP contribution in [0.15, 0.2) is 42.5 Å². The first kappa shape index (κ1) is 13.8. The van der Waals surface area contributed by atoms with Crippen LogP contribution in [-0.2, 0) is 0 Å². The second-order valence-electron chi connectivity index (χ2n) is 5.34. The van der Waals surface area contributed by atoms with E-state index in [1.165, 1.54) is 21.5 Å². The fourth-order valence-electron chi connectivity index (χ4n) is 2.17. The Kier molecular flexibility index (Phi) is 3.76. The fourth-order valence-corrected chi connectivity index (χ4v) is 3.14. The topological polar surface area (TPSA) is 16.1 Å². The number of rotatable bonds is 3. The van der Waals surface area contributed by atoms with E-state index in [4.69, 9.17) is 0 Å². The molecule has 0 atom stereocenters. The van der Waals surface area contributed by atoms with Crippen molar-refractivity contribution >= 4 is 39.4 Å². The van der Waals surface area contributed by atoms with E-state index < -0.39 is 0 Å². The van der Waals surface area contributed by atoms with Gasteiger partial charge in [0.1, 0.15) is 5.01 Å². The van der Waals surface area contributed by atoms with Crippen molar-refractivity contribution in [3.05, 3.63) is 58.6 Å². The first-order chi connectivity index (χ1) is 10.1. The Morgan fingerprint density at radius 1 is 1.00 bits per heavy atom. The molecule has 0 saturated heterocycles. The van der Waals surface area contributed by atoms with Gasteiger partial charge < -0.3 is 4.90 Å². The number of aromatic nitrogens is 1. The van der Waals surface area contributed by atoms with Crippen LogP contribution in [0.25, 0.3) is 22.4 Å². The predicted molar refractivity (Wildman–Crippen MR) is 94.1 cm³/mol. The van der Waals surface area contributed by atoms with Crippen molar-refractivity contribution in [2.24, 2.45) is 0 Å². The van der Waals surface area contributed by atoms with Gasteiger partial charge in [0.25, 0.3) is 0 Å².